The van der Waals surface area contributed by atoms with E-state index in [9.17, 15) is 23.1 Å². The monoisotopic (exact) mass is 600 g/mol. The molecule has 3 aromatic carbocycles. The first-order valence-electron chi connectivity index (χ1n) is 12.5. The summed E-state index contributed by atoms with van der Waals surface area (Å²) in [6, 6.07) is 14.2. The lowest BCUT2D eigenvalue weighted by atomic mass is 9.96. The first-order valence-corrected chi connectivity index (χ1v) is 15.2. The Bertz CT molecular complexity index is 1730. The van der Waals surface area contributed by atoms with Crippen LogP contribution >= 0.6 is 23.2 Å². The molecule has 2 heterocycles. The van der Waals surface area contributed by atoms with Crippen LogP contribution in [0.15, 0.2) is 70.2 Å². The van der Waals surface area contributed by atoms with Crippen LogP contribution in [0, 0.1) is 0 Å². The van der Waals surface area contributed by atoms with Crippen molar-refractivity contribution in [2.75, 3.05) is 12.8 Å². The molecule has 0 bridgehead atoms. The second-order valence-electron chi connectivity index (χ2n) is 9.83. The summed E-state index contributed by atoms with van der Waals surface area (Å²) in [7, 11) is -3.42. The Morgan fingerprint density at radius 3 is 2.67 bits per heavy atom. The summed E-state index contributed by atoms with van der Waals surface area (Å²) >= 11 is 13.4. The third-order valence-electron chi connectivity index (χ3n) is 7.08. The number of nitrogens with one attached hydrogen (secondary N) is 1. The number of sulfone groups is 1. The number of carbonyl (C=O) groups excluding carboxylic acids is 1. The number of nitrogens with zero attached hydrogens (tertiary/aromatic N) is 1. The van der Waals surface area contributed by atoms with Gasteiger partial charge in [0.1, 0.15) is 11.6 Å². The zero-order valence-electron chi connectivity index (χ0n) is 21.5. The average Bonchev–Trinajstić information content (AvgIpc) is 3.39. The number of aliphatic carboxylic acids is 1. The molecule has 1 aliphatic heterocycles. The van der Waals surface area contributed by atoms with Crippen molar-refractivity contribution in [1.82, 2.24) is 10.2 Å². The summed E-state index contributed by atoms with van der Waals surface area (Å²) in [5.41, 5.74) is 4.04. The average molecular weight is 602 g/mol. The summed E-state index contributed by atoms with van der Waals surface area (Å²) in [4.78, 5) is 27.1. The number of benzene rings is 3. The van der Waals surface area contributed by atoms with Crippen LogP contribution in [0.25, 0.3) is 11.0 Å². The highest BCUT2D eigenvalue weighted by Gasteiger charge is 2.27. The molecule has 0 radical (unpaired) electrons. The molecule has 208 valence electrons. The Kier molecular flexibility index (Phi) is 7.92. The molecular formula is C29H26Cl2N2O6S. The Morgan fingerprint density at radius 1 is 1.12 bits per heavy atom. The van der Waals surface area contributed by atoms with Gasteiger partial charge in [0.15, 0.2) is 9.84 Å². The number of hydrogen-bond donors (Lipinski definition) is 2. The molecule has 0 spiro atoms. The van der Waals surface area contributed by atoms with Gasteiger partial charge in [0.2, 0.25) is 0 Å². The highest BCUT2D eigenvalue weighted by Crippen LogP contribution is 2.35. The maximum absolute atomic E-state index is 13.2. The Labute approximate surface area is 241 Å². The summed E-state index contributed by atoms with van der Waals surface area (Å²) in [5, 5.41) is 14.5. The summed E-state index contributed by atoms with van der Waals surface area (Å²) < 4.78 is 29.2. The number of hydrogen-bond acceptors (Lipinski definition) is 6. The first-order chi connectivity index (χ1) is 19.0. The van der Waals surface area contributed by atoms with Crippen molar-refractivity contribution in [3.63, 3.8) is 0 Å². The van der Waals surface area contributed by atoms with Gasteiger partial charge in [0.05, 0.1) is 16.2 Å². The van der Waals surface area contributed by atoms with E-state index in [1.165, 1.54) is 12.1 Å². The molecule has 1 aromatic heterocycles. The summed E-state index contributed by atoms with van der Waals surface area (Å²) in [5.74, 6) is -1.21. The zero-order valence-corrected chi connectivity index (χ0v) is 23.8. The van der Waals surface area contributed by atoms with Gasteiger partial charge in [-0.2, -0.15) is 0 Å². The number of carboxylic acids is 1. The van der Waals surface area contributed by atoms with Gasteiger partial charge < -0.3 is 14.4 Å². The van der Waals surface area contributed by atoms with E-state index in [0.29, 0.717) is 51.8 Å². The summed E-state index contributed by atoms with van der Waals surface area (Å²) in [6.45, 7) is 0.899. The maximum atomic E-state index is 13.2. The molecule has 5 rings (SSSR count). The van der Waals surface area contributed by atoms with Gasteiger partial charge >= 0.3 is 5.97 Å². The van der Waals surface area contributed by atoms with Gasteiger partial charge in [0.25, 0.3) is 5.91 Å². The Balaban J connectivity index is 1.31. The predicted molar refractivity (Wildman–Crippen MR) is 153 cm³/mol. The lowest BCUT2D eigenvalue weighted by molar-refractivity contribution is -0.139. The molecule has 1 aliphatic rings. The van der Waals surface area contributed by atoms with Gasteiger partial charge in [-0.3, -0.25) is 14.9 Å². The Morgan fingerprint density at radius 2 is 1.93 bits per heavy atom. The van der Waals surface area contributed by atoms with E-state index in [0.717, 1.165) is 22.8 Å². The minimum absolute atomic E-state index is 0.0692. The standard InChI is InChI=1S/C29H26Cl2N2O6S/c1-40(37,38)21-4-2-3-17(11-21)12-25(29(35)36)32-15-23-24(30)13-20-16-33(9-7-22(20)27(23)31)28(34)19-6-5-18-8-10-39-26(18)14-19/h2-6,8,10-11,13-14,25,32H,7,9,12,15-16H2,1H3,(H,35,36)/t25-/m0/s1. The van der Waals surface area contributed by atoms with Gasteiger partial charge in [-0.05, 0) is 65.9 Å². The topological polar surface area (TPSA) is 117 Å². The number of rotatable bonds is 8. The van der Waals surface area contributed by atoms with Crippen LogP contribution in [0.2, 0.25) is 10.0 Å². The van der Waals surface area contributed by atoms with E-state index in [-0.39, 0.29) is 23.8 Å². The minimum atomic E-state index is -3.42. The molecule has 0 fully saturated rings. The molecule has 0 unspecified atom stereocenters. The van der Waals surface area contributed by atoms with E-state index in [2.05, 4.69) is 5.32 Å². The van der Waals surface area contributed by atoms with Crippen LogP contribution in [0.4, 0.5) is 0 Å². The molecule has 8 nitrogen and oxygen atoms in total. The van der Waals surface area contributed by atoms with Crippen LogP contribution in [0.3, 0.4) is 0 Å². The molecule has 4 aromatic rings. The maximum Gasteiger partial charge on any atom is 0.321 e. The molecule has 0 aliphatic carbocycles. The van der Waals surface area contributed by atoms with Gasteiger partial charge in [-0.1, -0.05) is 41.4 Å². The zero-order chi connectivity index (χ0) is 28.6. The number of carboxylic acid groups (broad SMARTS) is 1. The van der Waals surface area contributed by atoms with Gasteiger partial charge in [-0.25, -0.2) is 8.42 Å². The number of carbonyl (C=O) groups is 2. The fraction of sp³-hybridized carbons (Fsp3) is 0.241. The molecule has 1 atom stereocenters. The fourth-order valence-electron chi connectivity index (χ4n) is 4.91. The molecule has 1 amide bonds. The SMILES string of the molecule is CS(=O)(=O)c1cccc(C[C@H](NCc2c(Cl)cc3c(c2Cl)CCN(C(=O)c2ccc4ccoc4c2)C3)C(=O)O)c1. The molecule has 0 saturated carbocycles. The molecular weight excluding hydrogens is 575 g/mol. The lowest BCUT2D eigenvalue weighted by Crippen LogP contribution is -2.38. The number of furan rings is 1. The smallest absolute Gasteiger partial charge is 0.321 e. The molecule has 40 heavy (non-hydrogen) atoms. The van der Waals surface area contributed by atoms with Gasteiger partial charge in [0, 0.05) is 47.4 Å². The molecule has 11 heteroatoms. The second-order valence-corrected chi connectivity index (χ2v) is 12.6. The number of halogens is 2. The van der Waals surface area contributed by atoms with E-state index < -0.39 is 21.8 Å². The largest absolute Gasteiger partial charge is 0.480 e. The first kappa shape index (κ1) is 28.2. The third kappa shape index (κ3) is 5.88. The van der Waals surface area contributed by atoms with Gasteiger partial charge in [-0.15, -0.1) is 0 Å². The van der Waals surface area contributed by atoms with E-state index in [1.54, 1.807) is 41.5 Å². The van der Waals surface area contributed by atoms with Crippen molar-refractivity contribution < 1.29 is 27.5 Å². The highest BCUT2D eigenvalue weighted by atomic mass is 35.5. The normalized spacial score (nSPS) is 14.2. The molecule has 2 N–H and O–H groups in total. The van der Waals surface area contributed by atoms with Crippen LogP contribution in [-0.2, 0) is 40.6 Å². The van der Waals surface area contributed by atoms with Crippen LogP contribution < -0.4 is 5.32 Å². The van der Waals surface area contributed by atoms with Crippen molar-refractivity contribution in [1.29, 1.82) is 0 Å². The van der Waals surface area contributed by atoms with E-state index in [1.807, 2.05) is 12.1 Å². The third-order valence-corrected chi connectivity index (χ3v) is 8.98. The number of amides is 1. The van der Waals surface area contributed by atoms with E-state index >= 15 is 0 Å². The second kappa shape index (κ2) is 11.2. The highest BCUT2D eigenvalue weighted by molar-refractivity contribution is 7.90. The predicted octanol–water partition coefficient (Wildman–Crippen LogP) is 5.13. The van der Waals surface area contributed by atoms with Crippen molar-refractivity contribution in [3.8, 4) is 0 Å². The molecule has 0 saturated heterocycles. The van der Waals surface area contributed by atoms with Crippen LogP contribution in [-0.4, -0.2) is 49.1 Å². The number of fused-ring (bicyclic) bond motifs is 2. The van der Waals surface area contributed by atoms with E-state index in [4.69, 9.17) is 27.6 Å². The minimum Gasteiger partial charge on any atom is -0.480 e. The Hall–Kier alpha value is -3.37. The van der Waals surface area contributed by atoms with Crippen molar-refractivity contribution >= 4 is 55.9 Å². The quantitative estimate of drug-likeness (QED) is 0.288. The van der Waals surface area contributed by atoms with Crippen LogP contribution in [0.5, 0.6) is 0 Å². The van der Waals surface area contributed by atoms with Crippen molar-refractivity contribution in [3.05, 3.63) is 98.7 Å². The van der Waals surface area contributed by atoms with Crippen molar-refractivity contribution in [2.45, 2.75) is 36.9 Å². The lowest BCUT2D eigenvalue weighted by Gasteiger charge is -2.30. The van der Waals surface area contributed by atoms with Crippen molar-refractivity contribution in [2.24, 2.45) is 0 Å². The fourth-order valence-corrected chi connectivity index (χ4v) is 6.33. The van der Waals surface area contributed by atoms with Crippen LogP contribution in [0.1, 0.15) is 32.6 Å². The summed E-state index contributed by atoms with van der Waals surface area (Å²) in [6.07, 6.45) is 3.28.